The second kappa shape index (κ2) is 7.57. The molecule has 1 saturated heterocycles. The van der Waals surface area contributed by atoms with Crippen molar-refractivity contribution in [2.75, 3.05) is 33.3 Å². The highest BCUT2D eigenvalue weighted by atomic mass is 16.5. The molecule has 4 nitrogen and oxygen atoms in total. The van der Waals surface area contributed by atoms with Crippen molar-refractivity contribution in [2.24, 2.45) is 0 Å². The highest BCUT2D eigenvalue weighted by molar-refractivity contribution is 5.38. The van der Waals surface area contributed by atoms with Crippen LogP contribution in [0.2, 0.25) is 0 Å². The normalized spacial score (nSPS) is 17.5. The second-order valence-corrected chi connectivity index (χ2v) is 6.05. The van der Waals surface area contributed by atoms with Gasteiger partial charge in [0, 0.05) is 32.0 Å². The Bertz CT molecular complexity index is 619. The summed E-state index contributed by atoms with van der Waals surface area (Å²) in [6.07, 6.45) is 5.04. The van der Waals surface area contributed by atoms with Gasteiger partial charge in [-0.2, -0.15) is 0 Å². The van der Waals surface area contributed by atoms with E-state index in [-0.39, 0.29) is 6.04 Å². The SMILES string of the molecule is COc1ccc(C(c2ccncc2C)N2CCCNCC2)cc1. The summed E-state index contributed by atoms with van der Waals surface area (Å²) >= 11 is 0. The number of hydrogen-bond acceptors (Lipinski definition) is 4. The number of aromatic nitrogens is 1. The van der Waals surface area contributed by atoms with Crippen LogP contribution in [0.4, 0.5) is 0 Å². The van der Waals surface area contributed by atoms with Gasteiger partial charge in [-0.05, 0) is 54.8 Å². The van der Waals surface area contributed by atoms with Crippen LogP contribution < -0.4 is 10.1 Å². The molecular formula is C19H25N3O. The summed E-state index contributed by atoms with van der Waals surface area (Å²) in [7, 11) is 1.71. The molecule has 1 N–H and O–H groups in total. The summed E-state index contributed by atoms with van der Waals surface area (Å²) in [5.41, 5.74) is 3.89. The number of hydrogen-bond donors (Lipinski definition) is 1. The molecule has 0 saturated carbocycles. The van der Waals surface area contributed by atoms with Gasteiger partial charge in [0.15, 0.2) is 0 Å². The smallest absolute Gasteiger partial charge is 0.118 e. The van der Waals surface area contributed by atoms with Crippen LogP contribution in [-0.4, -0.2) is 43.2 Å². The van der Waals surface area contributed by atoms with Crippen molar-refractivity contribution in [3.05, 3.63) is 59.4 Å². The molecule has 1 aromatic heterocycles. The number of rotatable bonds is 4. The first-order chi connectivity index (χ1) is 11.3. The molecule has 1 aromatic carbocycles. The third-order valence-corrected chi connectivity index (χ3v) is 4.53. The maximum Gasteiger partial charge on any atom is 0.118 e. The van der Waals surface area contributed by atoms with E-state index in [1.165, 1.54) is 23.1 Å². The molecule has 1 fully saturated rings. The van der Waals surface area contributed by atoms with Crippen LogP contribution in [-0.2, 0) is 0 Å². The molecule has 2 heterocycles. The quantitative estimate of drug-likeness (QED) is 0.942. The van der Waals surface area contributed by atoms with Gasteiger partial charge in [-0.1, -0.05) is 12.1 Å². The number of pyridine rings is 1. The standard InChI is InChI=1S/C19H25N3O/c1-15-14-21-10-8-18(15)19(22-12-3-9-20-11-13-22)16-4-6-17(23-2)7-5-16/h4-8,10,14,19-20H,3,9,11-13H2,1-2H3. The predicted octanol–water partition coefficient (Wildman–Crippen LogP) is 2.78. The monoisotopic (exact) mass is 311 g/mol. The third-order valence-electron chi connectivity index (χ3n) is 4.53. The maximum atomic E-state index is 5.31. The van der Waals surface area contributed by atoms with Gasteiger partial charge in [-0.15, -0.1) is 0 Å². The van der Waals surface area contributed by atoms with Crippen LogP contribution in [0.15, 0.2) is 42.7 Å². The van der Waals surface area contributed by atoms with E-state index < -0.39 is 0 Å². The Morgan fingerprint density at radius 1 is 1.13 bits per heavy atom. The molecule has 0 radical (unpaired) electrons. The first-order valence-electron chi connectivity index (χ1n) is 8.29. The summed E-state index contributed by atoms with van der Waals surface area (Å²) in [4.78, 5) is 6.83. The van der Waals surface area contributed by atoms with Crippen LogP contribution in [0.3, 0.4) is 0 Å². The van der Waals surface area contributed by atoms with Crippen molar-refractivity contribution in [1.82, 2.24) is 15.2 Å². The number of ether oxygens (including phenoxy) is 1. The molecule has 1 unspecified atom stereocenters. The Hall–Kier alpha value is -1.91. The highest BCUT2D eigenvalue weighted by Gasteiger charge is 2.24. The Balaban J connectivity index is 1.99. The van der Waals surface area contributed by atoms with E-state index in [1.54, 1.807) is 7.11 Å². The number of methoxy groups -OCH3 is 1. The fraction of sp³-hybridized carbons (Fsp3) is 0.421. The zero-order chi connectivity index (χ0) is 16.1. The average Bonchev–Trinajstić information content (AvgIpc) is 2.87. The zero-order valence-electron chi connectivity index (χ0n) is 14.0. The Morgan fingerprint density at radius 3 is 2.70 bits per heavy atom. The molecule has 1 atom stereocenters. The summed E-state index contributed by atoms with van der Waals surface area (Å²) in [6.45, 7) is 6.44. The van der Waals surface area contributed by atoms with Crippen LogP contribution in [0.25, 0.3) is 0 Å². The average molecular weight is 311 g/mol. The molecule has 1 aliphatic rings. The molecule has 23 heavy (non-hydrogen) atoms. The molecule has 122 valence electrons. The lowest BCUT2D eigenvalue weighted by Crippen LogP contribution is -2.33. The minimum Gasteiger partial charge on any atom is -0.497 e. The lowest BCUT2D eigenvalue weighted by Gasteiger charge is -2.32. The van der Waals surface area contributed by atoms with E-state index in [0.717, 1.165) is 31.9 Å². The topological polar surface area (TPSA) is 37.4 Å². The minimum atomic E-state index is 0.267. The number of benzene rings is 1. The van der Waals surface area contributed by atoms with Crippen LogP contribution in [0, 0.1) is 6.92 Å². The molecule has 0 amide bonds. The van der Waals surface area contributed by atoms with E-state index in [9.17, 15) is 0 Å². The number of nitrogens with zero attached hydrogens (tertiary/aromatic N) is 2. The van der Waals surface area contributed by atoms with E-state index in [0.29, 0.717) is 0 Å². The van der Waals surface area contributed by atoms with Gasteiger partial charge in [-0.25, -0.2) is 0 Å². The third kappa shape index (κ3) is 3.71. The van der Waals surface area contributed by atoms with Gasteiger partial charge < -0.3 is 10.1 Å². The van der Waals surface area contributed by atoms with E-state index >= 15 is 0 Å². The summed E-state index contributed by atoms with van der Waals surface area (Å²) in [5, 5.41) is 3.49. The van der Waals surface area contributed by atoms with Crippen LogP contribution in [0.1, 0.15) is 29.2 Å². The van der Waals surface area contributed by atoms with Crippen LogP contribution in [0.5, 0.6) is 5.75 Å². The summed E-state index contributed by atoms with van der Waals surface area (Å²) in [5.74, 6) is 0.900. The van der Waals surface area contributed by atoms with Crippen molar-refractivity contribution in [2.45, 2.75) is 19.4 Å². The fourth-order valence-corrected chi connectivity index (χ4v) is 3.29. The Labute approximate surface area is 138 Å². The highest BCUT2D eigenvalue weighted by Crippen LogP contribution is 2.31. The van der Waals surface area contributed by atoms with Gasteiger partial charge in [0.2, 0.25) is 0 Å². The maximum absolute atomic E-state index is 5.31. The first-order valence-corrected chi connectivity index (χ1v) is 8.29. The van der Waals surface area contributed by atoms with Crippen molar-refractivity contribution in [3.8, 4) is 5.75 Å². The summed E-state index contributed by atoms with van der Waals surface area (Å²) < 4.78 is 5.31. The number of aryl methyl sites for hydroxylation is 1. The van der Waals surface area contributed by atoms with Gasteiger partial charge in [0.1, 0.15) is 5.75 Å². The predicted molar refractivity (Wildman–Crippen MR) is 92.9 cm³/mol. The molecule has 0 bridgehead atoms. The van der Waals surface area contributed by atoms with E-state index in [4.69, 9.17) is 4.74 Å². The van der Waals surface area contributed by atoms with Gasteiger partial charge >= 0.3 is 0 Å². The zero-order valence-corrected chi connectivity index (χ0v) is 14.0. The summed E-state index contributed by atoms with van der Waals surface area (Å²) in [6, 6.07) is 10.9. The van der Waals surface area contributed by atoms with Gasteiger partial charge in [-0.3, -0.25) is 9.88 Å². The molecular weight excluding hydrogens is 286 g/mol. The lowest BCUT2D eigenvalue weighted by atomic mass is 9.94. The number of nitrogens with one attached hydrogen (secondary N) is 1. The molecule has 0 aliphatic carbocycles. The van der Waals surface area contributed by atoms with Crippen molar-refractivity contribution < 1.29 is 4.74 Å². The Kier molecular flexibility index (Phi) is 5.26. The van der Waals surface area contributed by atoms with Crippen LogP contribution >= 0.6 is 0 Å². The van der Waals surface area contributed by atoms with Crippen molar-refractivity contribution in [1.29, 1.82) is 0 Å². The van der Waals surface area contributed by atoms with E-state index in [2.05, 4.69) is 52.5 Å². The van der Waals surface area contributed by atoms with Gasteiger partial charge in [0.25, 0.3) is 0 Å². The van der Waals surface area contributed by atoms with Gasteiger partial charge in [0.05, 0.1) is 13.2 Å². The molecule has 2 aromatic rings. The fourth-order valence-electron chi connectivity index (χ4n) is 3.29. The lowest BCUT2D eigenvalue weighted by molar-refractivity contribution is 0.240. The largest absolute Gasteiger partial charge is 0.497 e. The van der Waals surface area contributed by atoms with E-state index in [1.807, 2.05) is 12.4 Å². The Morgan fingerprint density at radius 2 is 1.96 bits per heavy atom. The minimum absolute atomic E-state index is 0.267. The molecule has 3 rings (SSSR count). The molecule has 1 aliphatic heterocycles. The molecule has 0 spiro atoms. The van der Waals surface area contributed by atoms with Crippen molar-refractivity contribution in [3.63, 3.8) is 0 Å². The first kappa shape index (κ1) is 16.0. The van der Waals surface area contributed by atoms with Crippen molar-refractivity contribution >= 4 is 0 Å². The second-order valence-electron chi connectivity index (χ2n) is 6.05. The molecule has 4 heteroatoms.